The molecule has 2 rings (SSSR count). The third-order valence-corrected chi connectivity index (χ3v) is 2.01. The van der Waals surface area contributed by atoms with Gasteiger partial charge < -0.3 is 15.5 Å². The predicted molar refractivity (Wildman–Crippen MR) is 56.1 cm³/mol. The van der Waals surface area contributed by atoms with Crippen molar-refractivity contribution in [1.29, 1.82) is 0 Å². The number of benzene rings is 1. The molecule has 6 heteroatoms. The zero-order chi connectivity index (χ0) is 9.97. The summed E-state index contributed by atoms with van der Waals surface area (Å²) in [6.45, 7) is 0. The smallest absolute Gasteiger partial charge is 0.321 e. The molecule has 0 saturated heterocycles. The first-order chi connectivity index (χ1) is 6.74. The molecule has 0 fully saturated rings. The van der Waals surface area contributed by atoms with Crippen LogP contribution in [0.2, 0.25) is 0 Å². The molecule has 3 N–H and O–H groups in total. The maximum atomic E-state index is 5.27. The van der Waals surface area contributed by atoms with Crippen LogP contribution in [-0.4, -0.2) is 10.2 Å². The molecule has 0 spiro atoms. The zero-order valence-electron chi connectivity index (χ0n) is 7.07. The van der Waals surface area contributed by atoms with Crippen LogP contribution in [0.5, 0.6) is 0 Å². The monoisotopic (exact) mass is 254 g/mol. The van der Waals surface area contributed by atoms with E-state index < -0.39 is 0 Å². The molecule has 0 saturated carbocycles. The molecule has 1 aromatic heterocycles. The maximum Gasteiger partial charge on any atom is 0.321 e. The molecule has 0 amide bonds. The van der Waals surface area contributed by atoms with Gasteiger partial charge in [0.1, 0.15) is 0 Å². The lowest BCUT2D eigenvalue weighted by Gasteiger charge is -2.00. The van der Waals surface area contributed by atoms with E-state index in [1.807, 2.05) is 24.3 Å². The Labute approximate surface area is 88.4 Å². The van der Waals surface area contributed by atoms with Crippen LogP contribution in [0.15, 0.2) is 33.2 Å². The van der Waals surface area contributed by atoms with Crippen LogP contribution in [0.4, 0.5) is 17.7 Å². The molecule has 0 aliphatic rings. The molecular weight excluding hydrogens is 248 g/mol. The Kier molecular flexibility index (Phi) is 2.36. The van der Waals surface area contributed by atoms with Gasteiger partial charge in [-0.25, -0.2) is 0 Å². The number of nitrogens with two attached hydrogens (primary N) is 1. The van der Waals surface area contributed by atoms with Gasteiger partial charge in [-0.05, 0) is 18.2 Å². The molecule has 14 heavy (non-hydrogen) atoms. The van der Waals surface area contributed by atoms with Crippen LogP contribution < -0.4 is 11.1 Å². The summed E-state index contributed by atoms with van der Waals surface area (Å²) < 4.78 is 5.92. The standard InChI is InChI=1S/C8H7BrN4O/c9-5-2-1-3-6(4-5)11-8-13-12-7(10)14-8/h1-4H,(H2,10,12)(H,11,13). The number of hydrogen-bond acceptors (Lipinski definition) is 5. The second-order valence-electron chi connectivity index (χ2n) is 2.58. The Morgan fingerprint density at radius 1 is 1.36 bits per heavy atom. The van der Waals surface area contributed by atoms with Gasteiger partial charge in [0.2, 0.25) is 0 Å². The number of hydrogen-bond donors (Lipinski definition) is 2. The molecule has 0 aliphatic heterocycles. The van der Waals surface area contributed by atoms with Crippen molar-refractivity contribution in [3.05, 3.63) is 28.7 Å². The van der Waals surface area contributed by atoms with E-state index in [1.54, 1.807) is 0 Å². The molecule has 0 aliphatic carbocycles. The van der Waals surface area contributed by atoms with Gasteiger partial charge in [0.25, 0.3) is 0 Å². The van der Waals surface area contributed by atoms with E-state index >= 15 is 0 Å². The van der Waals surface area contributed by atoms with Crippen molar-refractivity contribution >= 4 is 33.6 Å². The van der Waals surface area contributed by atoms with Gasteiger partial charge in [0.15, 0.2) is 0 Å². The van der Waals surface area contributed by atoms with Crippen molar-refractivity contribution in [2.45, 2.75) is 0 Å². The topological polar surface area (TPSA) is 77.0 Å². The number of nitrogen functional groups attached to an aromatic ring is 1. The van der Waals surface area contributed by atoms with Gasteiger partial charge in [0, 0.05) is 10.2 Å². The highest BCUT2D eigenvalue weighted by molar-refractivity contribution is 9.10. The molecule has 0 atom stereocenters. The van der Waals surface area contributed by atoms with Crippen LogP contribution in [0, 0.1) is 0 Å². The summed E-state index contributed by atoms with van der Waals surface area (Å²) >= 11 is 3.35. The lowest BCUT2D eigenvalue weighted by atomic mass is 10.3. The van der Waals surface area contributed by atoms with Crippen LogP contribution in [0.1, 0.15) is 0 Å². The maximum absolute atomic E-state index is 5.27. The van der Waals surface area contributed by atoms with Crippen LogP contribution in [-0.2, 0) is 0 Å². The Balaban J connectivity index is 2.18. The summed E-state index contributed by atoms with van der Waals surface area (Å²) in [6.07, 6.45) is 0. The third kappa shape index (κ3) is 2.02. The minimum absolute atomic E-state index is 0.0440. The average Bonchev–Trinajstić information content (AvgIpc) is 2.51. The lowest BCUT2D eigenvalue weighted by Crippen LogP contribution is -1.89. The molecule has 1 aromatic carbocycles. The van der Waals surface area contributed by atoms with Crippen molar-refractivity contribution in [3.63, 3.8) is 0 Å². The summed E-state index contributed by atoms with van der Waals surface area (Å²) in [6, 6.07) is 7.91. The number of halogens is 1. The molecule has 2 aromatic rings. The second-order valence-corrected chi connectivity index (χ2v) is 3.50. The summed E-state index contributed by atoms with van der Waals surface area (Å²) in [4.78, 5) is 0. The lowest BCUT2D eigenvalue weighted by molar-refractivity contribution is 0.593. The van der Waals surface area contributed by atoms with Crippen molar-refractivity contribution in [2.24, 2.45) is 0 Å². The van der Waals surface area contributed by atoms with Gasteiger partial charge in [0.05, 0.1) is 0 Å². The quantitative estimate of drug-likeness (QED) is 0.859. The SMILES string of the molecule is Nc1nnc(Nc2cccc(Br)c2)o1. The van der Waals surface area contributed by atoms with Crippen molar-refractivity contribution in [1.82, 2.24) is 10.2 Å². The van der Waals surface area contributed by atoms with Crippen LogP contribution in [0.25, 0.3) is 0 Å². The number of aromatic nitrogens is 2. The highest BCUT2D eigenvalue weighted by atomic mass is 79.9. The minimum atomic E-state index is 0.0440. The molecule has 72 valence electrons. The van der Waals surface area contributed by atoms with Gasteiger partial charge in [-0.3, -0.25) is 0 Å². The van der Waals surface area contributed by atoms with E-state index in [1.165, 1.54) is 0 Å². The fraction of sp³-hybridized carbons (Fsp3) is 0. The highest BCUT2D eigenvalue weighted by Crippen LogP contribution is 2.19. The van der Waals surface area contributed by atoms with Crippen molar-refractivity contribution < 1.29 is 4.42 Å². The van der Waals surface area contributed by atoms with E-state index in [-0.39, 0.29) is 12.0 Å². The normalized spacial score (nSPS) is 10.1. The zero-order valence-corrected chi connectivity index (χ0v) is 8.65. The third-order valence-electron chi connectivity index (χ3n) is 1.52. The van der Waals surface area contributed by atoms with Gasteiger partial charge in [-0.1, -0.05) is 32.2 Å². The second kappa shape index (κ2) is 3.67. The van der Waals surface area contributed by atoms with E-state index in [9.17, 15) is 0 Å². The van der Waals surface area contributed by atoms with Crippen LogP contribution >= 0.6 is 15.9 Å². The first kappa shape index (κ1) is 9.01. The molecule has 0 bridgehead atoms. The molecule has 0 radical (unpaired) electrons. The summed E-state index contributed by atoms with van der Waals surface area (Å²) in [5, 5.41) is 10.1. The number of anilines is 3. The predicted octanol–water partition coefficient (Wildman–Crippen LogP) is 2.16. The number of nitrogens with zero attached hydrogens (tertiary/aromatic N) is 2. The van der Waals surface area contributed by atoms with Crippen LogP contribution in [0.3, 0.4) is 0 Å². The minimum Gasteiger partial charge on any atom is -0.389 e. The number of rotatable bonds is 2. The Morgan fingerprint density at radius 2 is 2.21 bits per heavy atom. The largest absolute Gasteiger partial charge is 0.389 e. The van der Waals surface area contributed by atoms with Crippen molar-refractivity contribution in [2.75, 3.05) is 11.1 Å². The van der Waals surface area contributed by atoms with Crippen molar-refractivity contribution in [3.8, 4) is 0 Å². The van der Waals surface area contributed by atoms with E-state index in [4.69, 9.17) is 10.2 Å². The van der Waals surface area contributed by atoms with E-state index in [0.29, 0.717) is 0 Å². The van der Waals surface area contributed by atoms with E-state index in [2.05, 4.69) is 31.4 Å². The summed E-state index contributed by atoms with van der Waals surface area (Å²) in [7, 11) is 0. The Bertz CT molecular complexity index is 442. The Hall–Kier alpha value is -1.56. The Morgan fingerprint density at radius 3 is 2.86 bits per heavy atom. The molecule has 0 unspecified atom stereocenters. The fourth-order valence-electron chi connectivity index (χ4n) is 0.975. The fourth-order valence-corrected chi connectivity index (χ4v) is 1.37. The highest BCUT2D eigenvalue weighted by Gasteiger charge is 2.02. The van der Waals surface area contributed by atoms with Gasteiger partial charge >= 0.3 is 12.0 Å². The molecular formula is C8H7BrN4O. The number of nitrogens with one attached hydrogen (secondary N) is 1. The van der Waals surface area contributed by atoms with E-state index in [0.717, 1.165) is 10.2 Å². The van der Waals surface area contributed by atoms with Gasteiger partial charge in [-0.2, -0.15) is 0 Å². The molecule has 1 heterocycles. The summed E-state index contributed by atoms with van der Waals surface area (Å²) in [5.41, 5.74) is 6.12. The first-order valence-corrected chi connectivity index (χ1v) is 4.65. The first-order valence-electron chi connectivity index (χ1n) is 3.85. The van der Waals surface area contributed by atoms with Gasteiger partial charge in [-0.15, -0.1) is 0 Å². The summed E-state index contributed by atoms with van der Waals surface area (Å²) in [5.74, 6) is 0. The molecule has 5 nitrogen and oxygen atoms in total. The average molecular weight is 255 g/mol.